The van der Waals surface area contributed by atoms with Crippen LogP contribution in [-0.2, 0) is 4.79 Å². The maximum absolute atomic E-state index is 10.8. The van der Waals surface area contributed by atoms with Crippen LogP contribution in [0.3, 0.4) is 0 Å². The molecule has 0 aromatic heterocycles. The van der Waals surface area contributed by atoms with E-state index in [2.05, 4.69) is 0 Å². The molecule has 4 nitrogen and oxygen atoms in total. The predicted octanol–water partition coefficient (Wildman–Crippen LogP) is 1.91. The van der Waals surface area contributed by atoms with Crippen molar-refractivity contribution in [1.29, 1.82) is 0 Å². The van der Waals surface area contributed by atoms with Gasteiger partial charge < -0.3 is 16.2 Å². The summed E-state index contributed by atoms with van der Waals surface area (Å²) < 4.78 is 0. The zero-order chi connectivity index (χ0) is 9.84. The average molecular weight is 196 g/mol. The van der Waals surface area contributed by atoms with Gasteiger partial charge in [-0.2, -0.15) is 0 Å². The number of carboxylic acids is 1. The first kappa shape index (κ1) is 12.4. The third kappa shape index (κ3) is 3.06. The molecule has 1 aliphatic heterocycles. The van der Waals surface area contributed by atoms with E-state index in [0.717, 1.165) is 5.57 Å². The van der Waals surface area contributed by atoms with Crippen molar-refractivity contribution in [3.05, 3.63) is 36.2 Å². The molecule has 0 amide bonds. The molecule has 4 N–H and O–H groups in total. The lowest BCUT2D eigenvalue weighted by Gasteiger charge is -2.23. The van der Waals surface area contributed by atoms with E-state index in [1.807, 2.05) is 26.1 Å². The van der Waals surface area contributed by atoms with Gasteiger partial charge in [0, 0.05) is 12.4 Å². The van der Waals surface area contributed by atoms with Gasteiger partial charge in [-0.3, -0.25) is 0 Å². The van der Waals surface area contributed by atoms with Crippen LogP contribution in [0.5, 0.6) is 0 Å². The Bertz CT molecular complexity index is 288. The lowest BCUT2D eigenvalue weighted by molar-refractivity contribution is -0.139. The van der Waals surface area contributed by atoms with Gasteiger partial charge in [-0.15, -0.1) is 0 Å². The van der Waals surface area contributed by atoms with Gasteiger partial charge in [0.15, 0.2) is 0 Å². The summed E-state index contributed by atoms with van der Waals surface area (Å²) >= 11 is 0. The summed E-state index contributed by atoms with van der Waals surface area (Å²) in [5.41, 5.74) is 1.08. The van der Waals surface area contributed by atoms with Crippen LogP contribution >= 0.6 is 0 Å². The van der Waals surface area contributed by atoms with Gasteiger partial charge in [0.1, 0.15) is 6.04 Å². The largest absolute Gasteiger partial charge is 0.479 e. The van der Waals surface area contributed by atoms with Gasteiger partial charge in [0.25, 0.3) is 0 Å². The molecule has 1 atom stereocenters. The van der Waals surface area contributed by atoms with Crippen LogP contribution in [0, 0.1) is 0 Å². The highest BCUT2D eigenvalue weighted by Crippen LogP contribution is 2.10. The Labute approximate surface area is 83.8 Å². The van der Waals surface area contributed by atoms with Crippen molar-refractivity contribution < 1.29 is 9.90 Å². The van der Waals surface area contributed by atoms with Crippen molar-refractivity contribution in [3.8, 4) is 0 Å². The number of aliphatic carboxylic acids is 1. The van der Waals surface area contributed by atoms with Crippen molar-refractivity contribution in [2.75, 3.05) is 0 Å². The quantitative estimate of drug-likeness (QED) is 0.707. The Kier molecular flexibility index (Phi) is 4.66. The molecule has 0 saturated heterocycles. The van der Waals surface area contributed by atoms with Gasteiger partial charge in [0.05, 0.1) is 0 Å². The van der Waals surface area contributed by atoms with Crippen molar-refractivity contribution in [3.63, 3.8) is 0 Å². The minimum absolute atomic E-state index is 0. The second-order valence-electron chi connectivity index (χ2n) is 3.16. The normalized spacial score (nSPS) is 18.7. The van der Waals surface area contributed by atoms with Gasteiger partial charge in [0.2, 0.25) is 0 Å². The molecule has 1 rings (SSSR count). The Balaban J connectivity index is 0.00000169. The van der Waals surface area contributed by atoms with Crippen LogP contribution in [0.1, 0.15) is 13.8 Å². The number of carbonyl (C=O) groups is 1. The zero-order valence-corrected chi connectivity index (χ0v) is 8.47. The highest BCUT2D eigenvalue weighted by atomic mass is 16.4. The Morgan fingerprint density at radius 1 is 1.43 bits per heavy atom. The van der Waals surface area contributed by atoms with Crippen LogP contribution < -0.4 is 6.15 Å². The lowest BCUT2D eigenvalue weighted by Crippen LogP contribution is -2.33. The summed E-state index contributed by atoms with van der Waals surface area (Å²) in [6.07, 6.45) is 8.79. The van der Waals surface area contributed by atoms with Crippen molar-refractivity contribution in [2.45, 2.75) is 19.9 Å². The fraction of sp³-hybridized carbons (Fsp3) is 0.300. The molecular formula is C10H16N2O2. The second kappa shape index (κ2) is 5.24. The monoisotopic (exact) mass is 196 g/mol. The van der Waals surface area contributed by atoms with Gasteiger partial charge in [-0.25, -0.2) is 4.79 Å². The predicted molar refractivity (Wildman–Crippen MR) is 56.0 cm³/mol. The van der Waals surface area contributed by atoms with E-state index in [4.69, 9.17) is 5.11 Å². The molecule has 78 valence electrons. The molecule has 0 aromatic carbocycles. The smallest absolute Gasteiger partial charge is 0.330 e. The number of hydrogen-bond acceptors (Lipinski definition) is 3. The maximum Gasteiger partial charge on any atom is 0.330 e. The lowest BCUT2D eigenvalue weighted by atomic mass is 10.2. The average Bonchev–Trinajstić information content (AvgIpc) is 2.03. The SMILES string of the molecule is CC(C)=CN1C=CC=CC1C(=O)O.N. The molecule has 1 unspecified atom stereocenters. The maximum atomic E-state index is 10.8. The van der Waals surface area contributed by atoms with Gasteiger partial charge in [-0.05, 0) is 19.9 Å². The fourth-order valence-electron chi connectivity index (χ4n) is 1.14. The summed E-state index contributed by atoms with van der Waals surface area (Å²) in [6.45, 7) is 3.87. The first-order valence-electron chi connectivity index (χ1n) is 4.11. The van der Waals surface area contributed by atoms with Crippen molar-refractivity contribution >= 4 is 5.97 Å². The molecule has 1 heterocycles. The Hall–Kier alpha value is -1.55. The van der Waals surface area contributed by atoms with E-state index in [9.17, 15) is 4.79 Å². The molecule has 4 heteroatoms. The molecule has 1 aliphatic rings. The summed E-state index contributed by atoms with van der Waals surface area (Å²) in [5.74, 6) is -0.835. The van der Waals surface area contributed by atoms with E-state index in [-0.39, 0.29) is 6.15 Å². The highest BCUT2D eigenvalue weighted by Gasteiger charge is 2.19. The molecule has 0 radical (unpaired) electrons. The van der Waals surface area contributed by atoms with E-state index >= 15 is 0 Å². The summed E-state index contributed by atoms with van der Waals surface area (Å²) in [7, 11) is 0. The number of allylic oxidation sites excluding steroid dienone is 3. The second-order valence-corrected chi connectivity index (χ2v) is 3.16. The Morgan fingerprint density at radius 3 is 2.57 bits per heavy atom. The van der Waals surface area contributed by atoms with Crippen LogP contribution in [0.15, 0.2) is 36.2 Å². The van der Waals surface area contributed by atoms with E-state index in [0.29, 0.717) is 0 Å². The van der Waals surface area contributed by atoms with Gasteiger partial charge >= 0.3 is 5.97 Å². The van der Waals surface area contributed by atoms with E-state index in [1.165, 1.54) is 0 Å². The molecule has 0 aliphatic carbocycles. The summed E-state index contributed by atoms with van der Waals surface area (Å²) in [4.78, 5) is 12.5. The molecule has 0 bridgehead atoms. The topological polar surface area (TPSA) is 75.5 Å². The first-order chi connectivity index (χ1) is 6.11. The third-order valence-electron chi connectivity index (χ3n) is 1.64. The summed E-state index contributed by atoms with van der Waals surface area (Å²) in [6, 6.07) is -0.570. The molecule has 14 heavy (non-hydrogen) atoms. The van der Waals surface area contributed by atoms with E-state index in [1.54, 1.807) is 23.3 Å². The number of nitrogens with zero attached hydrogens (tertiary/aromatic N) is 1. The molecule has 0 aromatic rings. The van der Waals surface area contributed by atoms with Crippen LogP contribution in [0.4, 0.5) is 0 Å². The van der Waals surface area contributed by atoms with Crippen LogP contribution in [-0.4, -0.2) is 22.0 Å². The fourth-order valence-corrected chi connectivity index (χ4v) is 1.14. The standard InChI is InChI=1S/C10H13NO2.H3N/c1-8(2)7-11-6-4-3-5-9(11)10(12)13;/h3-7,9H,1-2H3,(H,12,13);1H3. The summed E-state index contributed by atoms with van der Waals surface area (Å²) in [5, 5.41) is 8.87. The van der Waals surface area contributed by atoms with Crippen molar-refractivity contribution in [1.82, 2.24) is 11.1 Å². The minimum atomic E-state index is -0.835. The Morgan fingerprint density at radius 2 is 2.07 bits per heavy atom. The number of hydrogen-bond donors (Lipinski definition) is 2. The first-order valence-corrected chi connectivity index (χ1v) is 4.11. The highest BCUT2D eigenvalue weighted by molar-refractivity contribution is 5.76. The third-order valence-corrected chi connectivity index (χ3v) is 1.64. The number of rotatable bonds is 2. The minimum Gasteiger partial charge on any atom is -0.479 e. The molecule has 0 fully saturated rings. The van der Waals surface area contributed by atoms with Crippen molar-refractivity contribution in [2.24, 2.45) is 0 Å². The van der Waals surface area contributed by atoms with E-state index < -0.39 is 12.0 Å². The zero-order valence-electron chi connectivity index (χ0n) is 8.47. The van der Waals surface area contributed by atoms with Crippen LogP contribution in [0.2, 0.25) is 0 Å². The van der Waals surface area contributed by atoms with Crippen LogP contribution in [0.25, 0.3) is 0 Å². The molecule has 0 saturated carbocycles. The number of carboxylic acid groups (broad SMARTS) is 1. The van der Waals surface area contributed by atoms with Gasteiger partial charge in [-0.1, -0.05) is 17.7 Å². The molecule has 0 spiro atoms. The molecular weight excluding hydrogens is 180 g/mol.